The molecule has 2 aromatic heterocycles. The van der Waals surface area contributed by atoms with E-state index in [0.29, 0.717) is 18.0 Å². The molecule has 2 heterocycles. The van der Waals surface area contributed by atoms with Crippen LogP contribution in [-0.4, -0.2) is 25.5 Å². The number of nitrogens with zero attached hydrogens (tertiary/aromatic N) is 4. The Morgan fingerprint density at radius 2 is 1.86 bits per heavy atom. The average molecular weight is 402 g/mol. The first-order valence-electron chi connectivity index (χ1n) is 8.96. The number of nitrogens with one attached hydrogen (secondary N) is 1. The molecule has 0 fully saturated rings. The summed E-state index contributed by atoms with van der Waals surface area (Å²) in [5.74, 6) is 0.475. The minimum atomic E-state index is -0.236. The molecular weight excluding hydrogens is 378 g/mol. The second-order valence-corrected chi connectivity index (χ2v) is 7.22. The molecule has 0 unspecified atom stereocenters. The summed E-state index contributed by atoms with van der Waals surface area (Å²) >= 11 is 6.18. The van der Waals surface area contributed by atoms with E-state index in [0.717, 1.165) is 33.1 Å². The van der Waals surface area contributed by atoms with Crippen molar-refractivity contribution in [1.82, 2.24) is 24.9 Å². The van der Waals surface area contributed by atoms with Crippen LogP contribution >= 0.6 is 11.6 Å². The van der Waals surface area contributed by atoms with Crippen LogP contribution in [0.4, 0.5) is 0 Å². The standard InChI is InChI=1S/C20H24ClN5O2/c1-12-8-16(9-13(2)19(12)21)28-11-26-7-6-18(24-26)20(27)22-10-17-14(3)23-25(5)15(17)4/h6-9H,10-11H2,1-5H3,(H,22,27). The van der Waals surface area contributed by atoms with Crippen LogP contribution in [0, 0.1) is 27.7 Å². The summed E-state index contributed by atoms with van der Waals surface area (Å²) in [7, 11) is 1.89. The van der Waals surface area contributed by atoms with E-state index in [1.807, 2.05) is 51.6 Å². The first-order chi connectivity index (χ1) is 13.3. The van der Waals surface area contributed by atoms with E-state index in [1.165, 1.54) is 0 Å². The van der Waals surface area contributed by atoms with Gasteiger partial charge in [-0.1, -0.05) is 11.6 Å². The highest BCUT2D eigenvalue weighted by Crippen LogP contribution is 2.26. The largest absolute Gasteiger partial charge is 0.471 e. The lowest BCUT2D eigenvalue weighted by molar-refractivity contribution is 0.0943. The van der Waals surface area contributed by atoms with Crippen LogP contribution < -0.4 is 10.1 Å². The van der Waals surface area contributed by atoms with Gasteiger partial charge >= 0.3 is 0 Å². The Morgan fingerprint density at radius 1 is 1.18 bits per heavy atom. The third-order valence-corrected chi connectivity index (χ3v) is 5.33. The Labute approximate surface area is 169 Å². The highest BCUT2D eigenvalue weighted by atomic mass is 35.5. The summed E-state index contributed by atoms with van der Waals surface area (Å²) in [6.07, 6.45) is 1.71. The van der Waals surface area contributed by atoms with Gasteiger partial charge in [-0.2, -0.15) is 10.2 Å². The van der Waals surface area contributed by atoms with Crippen LogP contribution in [0.1, 0.15) is 38.6 Å². The molecule has 0 saturated carbocycles. The van der Waals surface area contributed by atoms with Gasteiger partial charge in [0.25, 0.3) is 5.91 Å². The van der Waals surface area contributed by atoms with Crippen molar-refractivity contribution in [3.8, 4) is 5.75 Å². The van der Waals surface area contributed by atoms with Crippen molar-refractivity contribution in [2.24, 2.45) is 7.05 Å². The van der Waals surface area contributed by atoms with Gasteiger partial charge in [-0.15, -0.1) is 0 Å². The number of ether oxygens (including phenoxy) is 1. The van der Waals surface area contributed by atoms with Gasteiger partial charge in [-0.3, -0.25) is 9.48 Å². The maximum absolute atomic E-state index is 12.4. The van der Waals surface area contributed by atoms with E-state index >= 15 is 0 Å². The van der Waals surface area contributed by atoms with Gasteiger partial charge in [0, 0.05) is 36.1 Å². The van der Waals surface area contributed by atoms with E-state index in [4.69, 9.17) is 16.3 Å². The monoisotopic (exact) mass is 401 g/mol. The van der Waals surface area contributed by atoms with Crippen LogP contribution in [0.3, 0.4) is 0 Å². The van der Waals surface area contributed by atoms with Gasteiger partial charge in [0.15, 0.2) is 6.73 Å². The van der Waals surface area contributed by atoms with Crippen molar-refractivity contribution in [3.63, 3.8) is 0 Å². The lowest BCUT2D eigenvalue weighted by Crippen LogP contribution is -2.24. The van der Waals surface area contributed by atoms with Crippen molar-refractivity contribution in [2.75, 3.05) is 0 Å². The molecular formula is C20H24ClN5O2. The van der Waals surface area contributed by atoms with E-state index < -0.39 is 0 Å². The van der Waals surface area contributed by atoms with E-state index in [1.54, 1.807) is 16.9 Å². The maximum atomic E-state index is 12.4. The minimum absolute atomic E-state index is 0.203. The maximum Gasteiger partial charge on any atom is 0.272 e. The number of rotatable bonds is 6. The number of aromatic nitrogens is 4. The topological polar surface area (TPSA) is 74.0 Å². The molecule has 8 heteroatoms. The Balaban J connectivity index is 1.59. The predicted molar refractivity (Wildman–Crippen MR) is 108 cm³/mol. The van der Waals surface area contributed by atoms with Gasteiger partial charge in [-0.25, -0.2) is 4.68 Å². The molecule has 0 spiro atoms. The van der Waals surface area contributed by atoms with Crippen molar-refractivity contribution >= 4 is 17.5 Å². The quantitative estimate of drug-likeness (QED) is 0.686. The number of hydrogen-bond donors (Lipinski definition) is 1. The molecule has 0 aliphatic rings. The summed E-state index contributed by atoms with van der Waals surface area (Å²) in [6.45, 7) is 8.40. The first kappa shape index (κ1) is 19.9. The van der Waals surface area contributed by atoms with Crippen molar-refractivity contribution < 1.29 is 9.53 Å². The fourth-order valence-corrected chi connectivity index (χ4v) is 3.13. The number of amides is 1. The molecule has 1 N–H and O–H groups in total. The van der Waals surface area contributed by atoms with Crippen molar-refractivity contribution in [1.29, 1.82) is 0 Å². The number of carbonyl (C=O) groups excluding carboxylic acids is 1. The SMILES string of the molecule is Cc1cc(OCn2ccc(C(=O)NCc3c(C)nn(C)c3C)n2)cc(C)c1Cl. The smallest absolute Gasteiger partial charge is 0.272 e. The Bertz CT molecular complexity index is 999. The average Bonchev–Trinajstić information content (AvgIpc) is 3.21. The zero-order chi connectivity index (χ0) is 20.4. The number of carbonyl (C=O) groups is 1. The second kappa shape index (κ2) is 8.06. The summed E-state index contributed by atoms with van der Waals surface area (Å²) in [5, 5.41) is 12.3. The van der Waals surface area contributed by atoms with Crippen LogP contribution in [0.25, 0.3) is 0 Å². The van der Waals surface area contributed by atoms with Crippen LogP contribution in [0.5, 0.6) is 5.75 Å². The summed E-state index contributed by atoms with van der Waals surface area (Å²) in [4.78, 5) is 12.4. The zero-order valence-corrected chi connectivity index (χ0v) is 17.5. The molecule has 3 rings (SSSR count). The lowest BCUT2D eigenvalue weighted by atomic mass is 10.1. The predicted octanol–water partition coefficient (Wildman–Crippen LogP) is 3.47. The van der Waals surface area contributed by atoms with Crippen molar-refractivity contribution in [2.45, 2.75) is 41.0 Å². The van der Waals surface area contributed by atoms with Crippen LogP contribution in [-0.2, 0) is 20.3 Å². The number of halogens is 1. The van der Waals surface area contributed by atoms with E-state index in [-0.39, 0.29) is 12.6 Å². The molecule has 0 aliphatic carbocycles. The first-order valence-corrected chi connectivity index (χ1v) is 9.34. The van der Waals surface area contributed by atoms with Gasteiger partial charge in [0.1, 0.15) is 11.4 Å². The molecule has 7 nitrogen and oxygen atoms in total. The molecule has 1 aromatic carbocycles. The third-order valence-electron chi connectivity index (χ3n) is 4.73. The molecule has 0 aliphatic heterocycles. The highest BCUT2D eigenvalue weighted by Gasteiger charge is 2.13. The zero-order valence-electron chi connectivity index (χ0n) is 16.7. The molecule has 148 valence electrons. The number of benzene rings is 1. The number of aryl methyl sites for hydroxylation is 4. The van der Waals surface area contributed by atoms with Gasteiger partial charge in [-0.05, 0) is 57.0 Å². The van der Waals surface area contributed by atoms with E-state index in [9.17, 15) is 4.79 Å². The lowest BCUT2D eigenvalue weighted by Gasteiger charge is -2.10. The molecule has 3 aromatic rings. The Kier molecular flexibility index (Phi) is 5.74. The highest BCUT2D eigenvalue weighted by molar-refractivity contribution is 6.32. The fraction of sp³-hybridized carbons (Fsp3) is 0.350. The molecule has 1 amide bonds. The molecule has 0 radical (unpaired) electrons. The fourth-order valence-electron chi connectivity index (χ4n) is 3.02. The number of hydrogen-bond acceptors (Lipinski definition) is 4. The van der Waals surface area contributed by atoms with Gasteiger partial charge < -0.3 is 10.1 Å². The molecule has 0 saturated heterocycles. The van der Waals surface area contributed by atoms with Gasteiger partial charge in [0.05, 0.1) is 5.69 Å². The summed E-state index contributed by atoms with van der Waals surface area (Å²) < 4.78 is 9.15. The Morgan fingerprint density at radius 3 is 2.46 bits per heavy atom. The van der Waals surface area contributed by atoms with Crippen molar-refractivity contribution in [3.05, 3.63) is 63.2 Å². The second-order valence-electron chi connectivity index (χ2n) is 6.84. The van der Waals surface area contributed by atoms with Crippen LogP contribution in [0.2, 0.25) is 5.02 Å². The molecule has 28 heavy (non-hydrogen) atoms. The molecule has 0 atom stereocenters. The van der Waals surface area contributed by atoms with E-state index in [2.05, 4.69) is 15.5 Å². The normalized spacial score (nSPS) is 10.9. The summed E-state index contributed by atoms with van der Waals surface area (Å²) in [6, 6.07) is 5.43. The van der Waals surface area contributed by atoms with Gasteiger partial charge in [0.2, 0.25) is 0 Å². The van der Waals surface area contributed by atoms with Crippen LogP contribution in [0.15, 0.2) is 24.4 Å². The molecule has 0 bridgehead atoms. The minimum Gasteiger partial charge on any atom is -0.471 e. The Hall–Kier alpha value is -2.80. The third kappa shape index (κ3) is 4.20. The summed E-state index contributed by atoms with van der Waals surface area (Å²) in [5.41, 5.74) is 5.22.